The molecule has 0 saturated heterocycles. The fourth-order valence-corrected chi connectivity index (χ4v) is 11.8. The van der Waals surface area contributed by atoms with E-state index in [1.807, 2.05) is 31.3 Å². The molecule has 232 valence electrons. The Bertz CT molecular complexity index is 1150. The molecular formula is C37H56N2O3. The van der Waals surface area contributed by atoms with Gasteiger partial charge in [0.25, 0.3) is 0 Å². The molecule has 1 aromatic rings. The molecule has 5 saturated carbocycles. The van der Waals surface area contributed by atoms with Crippen molar-refractivity contribution in [3.8, 4) is 0 Å². The van der Waals surface area contributed by atoms with Gasteiger partial charge in [-0.2, -0.15) is 0 Å². The highest BCUT2D eigenvalue weighted by molar-refractivity contribution is 5.83. The number of amides is 1. The molecule has 5 fully saturated rings. The summed E-state index contributed by atoms with van der Waals surface area (Å²) in [4.78, 5) is 30.2. The Kier molecular flexibility index (Phi) is 8.73. The minimum Gasteiger partial charge on any atom is -0.462 e. The number of ether oxygens (including phenoxy) is 1. The van der Waals surface area contributed by atoms with E-state index in [1.54, 1.807) is 13.0 Å². The van der Waals surface area contributed by atoms with Crippen LogP contribution in [0.4, 0.5) is 0 Å². The van der Waals surface area contributed by atoms with Gasteiger partial charge < -0.3 is 10.1 Å². The number of esters is 1. The normalized spacial score (nSPS) is 41.4. The molecule has 5 heteroatoms. The molecule has 0 aromatic carbocycles. The first-order valence-electron chi connectivity index (χ1n) is 16.9. The minimum atomic E-state index is -0.176. The van der Waals surface area contributed by atoms with E-state index in [-0.39, 0.29) is 22.9 Å². The molecule has 1 heterocycles. The van der Waals surface area contributed by atoms with Crippen LogP contribution in [0.15, 0.2) is 37.1 Å². The summed E-state index contributed by atoms with van der Waals surface area (Å²) >= 11 is 0. The zero-order valence-electron chi connectivity index (χ0n) is 27.2. The summed E-state index contributed by atoms with van der Waals surface area (Å²) in [5.74, 6) is 3.39. The van der Waals surface area contributed by atoms with Crippen molar-refractivity contribution in [3.63, 3.8) is 0 Å². The van der Waals surface area contributed by atoms with Gasteiger partial charge in [0.2, 0.25) is 5.91 Å². The number of nitrogens with one attached hydrogen (secondary N) is 1. The van der Waals surface area contributed by atoms with Crippen LogP contribution in [0.25, 0.3) is 0 Å². The van der Waals surface area contributed by atoms with E-state index in [0.29, 0.717) is 41.0 Å². The van der Waals surface area contributed by atoms with Crippen molar-refractivity contribution >= 4 is 11.9 Å². The Morgan fingerprint density at radius 3 is 2.38 bits per heavy atom. The van der Waals surface area contributed by atoms with E-state index in [9.17, 15) is 9.59 Å². The number of carbonyl (C=O) groups excluding carboxylic acids is 2. The van der Waals surface area contributed by atoms with Crippen LogP contribution >= 0.6 is 0 Å². The van der Waals surface area contributed by atoms with Gasteiger partial charge in [-0.25, -0.2) is 0 Å². The maximum absolute atomic E-state index is 13.9. The van der Waals surface area contributed by atoms with Crippen molar-refractivity contribution in [1.82, 2.24) is 10.3 Å². The molecule has 1 aromatic heterocycles. The molecule has 42 heavy (non-hydrogen) atoms. The van der Waals surface area contributed by atoms with E-state index < -0.39 is 0 Å². The molecule has 6 rings (SSSR count). The highest BCUT2D eigenvalue weighted by Crippen LogP contribution is 2.73. The largest absolute Gasteiger partial charge is 0.462 e. The Morgan fingerprint density at radius 2 is 1.69 bits per heavy atom. The molecule has 0 radical (unpaired) electrons. The van der Waals surface area contributed by atoms with Gasteiger partial charge >= 0.3 is 5.97 Å². The number of rotatable bonds is 4. The summed E-state index contributed by atoms with van der Waals surface area (Å²) in [6.45, 7) is 17.3. The van der Waals surface area contributed by atoms with Crippen LogP contribution in [0.5, 0.6) is 0 Å². The number of allylic oxidation sites excluding steroid dienone is 1. The maximum atomic E-state index is 13.9. The predicted molar refractivity (Wildman–Crippen MR) is 168 cm³/mol. The lowest BCUT2D eigenvalue weighted by Crippen LogP contribution is -2.64. The third kappa shape index (κ3) is 5.05. The van der Waals surface area contributed by atoms with Gasteiger partial charge in [-0.3, -0.25) is 14.6 Å². The number of hydrogen-bond donors (Lipinski definition) is 1. The van der Waals surface area contributed by atoms with Crippen molar-refractivity contribution in [1.29, 1.82) is 0 Å². The minimum absolute atomic E-state index is 0.00964. The van der Waals surface area contributed by atoms with Gasteiger partial charge in [0, 0.05) is 18.5 Å². The summed E-state index contributed by atoms with van der Waals surface area (Å²) < 4.78 is 5.90. The Morgan fingerprint density at radius 1 is 0.952 bits per heavy atom. The lowest BCUT2D eigenvalue weighted by atomic mass is 9.36. The van der Waals surface area contributed by atoms with E-state index >= 15 is 0 Å². The highest BCUT2D eigenvalue weighted by atomic mass is 16.5. The highest BCUT2D eigenvalue weighted by Gasteiger charge is 2.67. The zero-order chi connectivity index (χ0) is 30.3. The van der Waals surface area contributed by atoms with Crippen LogP contribution in [0.1, 0.15) is 118 Å². The van der Waals surface area contributed by atoms with E-state index in [4.69, 9.17) is 4.74 Å². The average molecular weight is 577 g/mol. The Hall–Kier alpha value is -2.17. The molecule has 5 aliphatic rings. The summed E-state index contributed by atoms with van der Waals surface area (Å²) in [5, 5.41) is 3.32. The topological polar surface area (TPSA) is 68.3 Å². The second-order valence-corrected chi connectivity index (χ2v) is 15.6. The lowest BCUT2D eigenvalue weighted by Gasteiger charge is -2.69. The van der Waals surface area contributed by atoms with Crippen LogP contribution in [0, 0.1) is 51.2 Å². The van der Waals surface area contributed by atoms with Gasteiger partial charge in [-0.05, 0) is 124 Å². The molecule has 9 atom stereocenters. The molecule has 1 amide bonds. The van der Waals surface area contributed by atoms with Crippen LogP contribution in [-0.4, -0.2) is 23.0 Å². The summed E-state index contributed by atoms with van der Waals surface area (Å²) in [5.41, 5.74) is 1.41. The van der Waals surface area contributed by atoms with Crippen LogP contribution in [0.3, 0.4) is 0 Å². The molecule has 0 bridgehead atoms. The molecular weight excluding hydrogens is 520 g/mol. The molecule has 0 aliphatic heterocycles. The number of aromatic nitrogens is 1. The van der Waals surface area contributed by atoms with Gasteiger partial charge in [-0.1, -0.05) is 46.3 Å². The third-order valence-corrected chi connectivity index (χ3v) is 13.4. The summed E-state index contributed by atoms with van der Waals surface area (Å²) in [6, 6.07) is 5.92. The van der Waals surface area contributed by atoms with Gasteiger partial charge in [0.05, 0.1) is 17.7 Å². The Labute approximate surface area is 255 Å². The second kappa shape index (κ2) is 11.7. The van der Waals surface area contributed by atoms with E-state index in [0.717, 1.165) is 36.8 Å². The van der Waals surface area contributed by atoms with Gasteiger partial charge in [0.15, 0.2) is 0 Å². The number of pyridine rings is 1. The van der Waals surface area contributed by atoms with Crippen molar-refractivity contribution in [3.05, 3.63) is 42.7 Å². The lowest BCUT2D eigenvalue weighted by molar-refractivity contribution is -0.220. The van der Waals surface area contributed by atoms with Gasteiger partial charge in [0.1, 0.15) is 6.10 Å². The van der Waals surface area contributed by atoms with Crippen LogP contribution < -0.4 is 5.32 Å². The number of fused-ring (bicyclic) bond motifs is 7. The predicted octanol–water partition coefficient (Wildman–Crippen LogP) is 8.29. The number of nitrogens with zero attached hydrogens (tertiary/aromatic N) is 1. The van der Waals surface area contributed by atoms with Crippen molar-refractivity contribution < 1.29 is 14.3 Å². The molecule has 1 N–H and O–H groups in total. The van der Waals surface area contributed by atoms with E-state index in [1.165, 1.54) is 51.4 Å². The maximum Gasteiger partial charge on any atom is 0.302 e. The average Bonchev–Trinajstić information content (AvgIpc) is 3.40. The first-order chi connectivity index (χ1) is 19.9. The molecule has 9 unspecified atom stereocenters. The monoisotopic (exact) mass is 576 g/mol. The van der Waals surface area contributed by atoms with Crippen molar-refractivity contribution in [2.24, 2.45) is 51.2 Å². The van der Waals surface area contributed by atoms with Gasteiger partial charge in [-0.15, -0.1) is 6.58 Å². The molecule has 5 aliphatic carbocycles. The number of hydrogen-bond acceptors (Lipinski definition) is 4. The quantitative estimate of drug-likeness (QED) is 0.289. The van der Waals surface area contributed by atoms with Crippen molar-refractivity contribution in [2.75, 3.05) is 0 Å². The molecule has 0 spiro atoms. The zero-order valence-corrected chi connectivity index (χ0v) is 27.2. The number of carbonyl (C=O) groups is 2. The molecule has 5 nitrogen and oxygen atoms in total. The fourth-order valence-electron chi connectivity index (χ4n) is 11.8. The van der Waals surface area contributed by atoms with Crippen molar-refractivity contribution in [2.45, 2.75) is 125 Å². The van der Waals surface area contributed by atoms with Crippen LogP contribution in [-0.2, 0) is 20.9 Å². The van der Waals surface area contributed by atoms with E-state index in [2.05, 4.69) is 44.6 Å². The first-order valence-corrected chi connectivity index (χ1v) is 16.9. The van der Waals surface area contributed by atoms with Crippen LogP contribution in [0.2, 0.25) is 0 Å². The summed E-state index contributed by atoms with van der Waals surface area (Å²) in [6.07, 6.45) is 16.5. The smallest absolute Gasteiger partial charge is 0.302 e. The second-order valence-electron chi connectivity index (χ2n) is 15.6. The first kappa shape index (κ1) is 31.3. The SMILES string of the molecule is C=CC.CC(=O)OC1CCC2(C)C(CCC3(C)C4CCC5(C(=O)NCc6ccccn6)CCCC5C4CCC32)C1(C)C. The summed E-state index contributed by atoms with van der Waals surface area (Å²) in [7, 11) is 0. The third-order valence-electron chi connectivity index (χ3n) is 13.4. The Balaban J connectivity index is 0.00000113. The standard InChI is InChI=1S/C34H50N2O3.C3H6/c1-22(37)39-29-15-18-33(5)27(31(29,2)3)14-17-32(4)25-13-19-34(30(38)36-21-23-9-6-7-20-35-23)16-8-10-26(34)24(25)11-12-28(32)33;1-3-2/h6-7,9,20,24-29H,8,10-19,21H2,1-5H3,(H,36,38);3H,1H2,2H3. The fraction of sp³-hybridized carbons (Fsp3) is 0.757.